The second-order valence-electron chi connectivity index (χ2n) is 7.77. The van der Waals surface area contributed by atoms with Gasteiger partial charge >= 0.3 is 0 Å². The lowest BCUT2D eigenvalue weighted by atomic mass is 10.1. The van der Waals surface area contributed by atoms with Crippen LogP contribution in [0, 0.1) is 0 Å². The fourth-order valence-electron chi connectivity index (χ4n) is 3.77. The quantitative estimate of drug-likeness (QED) is 0.241. The number of carbonyl (C=O) groups is 1. The molecule has 0 saturated carbocycles. The van der Waals surface area contributed by atoms with E-state index in [1.165, 1.54) is 11.8 Å². The van der Waals surface area contributed by atoms with E-state index in [9.17, 15) is 4.79 Å². The summed E-state index contributed by atoms with van der Waals surface area (Å²) < 4.78 is 1.96. The summed E-state index contributed by atoms with van der Waals surface area (Å²) in [5, 5.41) is 18.5. The molecule has 35 heavy (non-hydrogen) atoms. The Morgan fingerprint density at radius 3 is 2.40 bits per heavy atom. The highest BCUT2D eigenvalue weighted by atomic mass is 35.5. The first-order chi connectivity index (χ1) is 17.2. The average molecular weight is 500 g/mol. The van der Waals surface area contributed by atoms with Crippen LogP contribution in [-0.4, -0.2) is 26.4 Å². The summed E-state index contributed by atoms with van der Waals surface area (Å²) in [5.74, 6) is 0.810. The molecule has 0 bridgehead atoms. The average Bonchev–Trinajstić information content (AvgIpc) is 3.30. The number of nitrogens with one attached hydrogen (secondary N) is 2. The first-order valence-electron chi connectivity index (χ1n) is 11.1. The highest BCUT2D eigenvalue weighted by molar-refractivity contribution is 7.99. The van der Waals surface area contributed by atoms with Crippen molar-refractivity contribution in [1.29, 1.82) is 0 Å². The van der Waals surface area contributed by atoms with Crippen molar-refractivity contribution in [3.63, 3.8) is 0 Å². The van der Waals surface area contributed by atoms with Gasteiger partial charge < -0.3 is 10.6 Å². The van der Waals surface area contributed by atoms with Gasteiger partial charge in [0, 0.05) is 16.8 Å². The van der Waals surface area contributed by atoms with Gasteiger partial charge in [0.2, 0.25) is 5.91 Å². The largest absolute Gasteiger partial charge is 0.377 e. The van der Waals surface area contributed by atoms with Gasteiger partial charge in [-0.05, 0) is 35.7 Å². The van der Waals surface area contributed by atoms with Crippen molar-refractivity contribution in [2.75, 3.05) is 16.4 Å². The number of carbonyl (C=O) groups excluding carboxylic acids is 1. The molecule has 8 heteroatoms. The molecule has 0 fully saturated rings. The maximum Gasteiger partial charge on any atom is 0.234 e. The molecule has 0 atom stereocenters. The molecule has 0 radical (unpaired) electrons. The molecule has 1 aromatic heterocycles. The Kier molecular flexibility index (Phi) is 6.97. The number of rotatable bonds is 8. The van der Waals surface area contributed by atoms with Gasteiger partial charge in [0.1, 0.15) is 0 Å². The van der Waals surface area contributed by atoms with Crippen molar-refractivity contribution in [3.8, 4) is 5.69 Å². The predicted octanol–water partition coefficient (Wildman–Crippen LogP) is 6.42. The van der Waals surface area contributed by atoms with E-state index >= 15 is 0 Å². The van der Waals surface area contributed by atoms with Crippen LogP contribution in [0.3, 0.4) is 0 Å². The van der Waals surface area contributed by atoms with Gasteiger partial charge in [0.15, 0.2) is 11.0 Å². The van der Waals surface area contributed by atoms with E-state index in [4.69, 9.17) is 11.6 Å². The zero-order chi connectivity index (χ0) is 24.0. The highest BCUT2D eigenvalue weighted by Crippen LogP contribution is 2.26. The van der Waals surface area contributed by atoms with Crippen molar-refractivity contribution < 1.29 is 4.79 Å². The van der Waals surface area contributed by atoms with Crippen LogP contribution in [0.25, 0.3) is 16.5 Å². The van der Waals surface area contributed by atoms with Gasteiger partial charge in [-0.15, -0.1) is 10.2 Å². The number of anilines is 2. The van der Waals surface area contributed by atoms with Crippen molar-refractivity contribution >= 4 is 51.4 Å². The lowest BCUT2D eigenvalue weighted by Gasteiger charge is -2.12. The van der Waals surface area contributed by atoms with E-state index in [1.54, 1.807) is 0 Å². The summed E-state index contributed by atoms with van der Waals surface area (Å²) >= 11 is 7.63. The van der Waals surface area contributed by atoms with Gasteiger partial charge in [0.05, 0.1) is 23.0 Å². The number of aromatic nitrogens is 3. The SMILES string of the molecule is O=C(CSc1nnc(CNc2ccccc2Cl)n1-c1ccccc1)Nc1cccc2ccccc12. The fourth-order valence-corrected chi connectivity index (χ4v) is 4.75. The van der Waals surface area contributed by atoms with Crippen LogP contribution in [-0.2, 0) is 11.3 Å². The normalized spacial score (nSPS) is 10.9. The molecule has 174 valence electrons. The Labute approximate surface area is 212 Å². The lowest BCUT2D eigenvalue weighted by molar-refractivity contribution is -0.113. The minimum atomic E-state index is -0.107. The smallest absolute Gasteiger partial charge is 0.234 e. The molecule has 5 aromatic rings. The van der Waals surface area contributed by atoms with Crippen LogP contribution in [0.1, 0.15) is 5.82 Å². The number of benzene rings is 4. The molecule has 0 saturated heterocycles. The number of hydrogen-bond acceptors (Lipinski definition) is 5. The van der Waals surface area contributed by atoms with Gasteiger partial charge in [-0.2, -0.15) is 0 Å². The zero-order valence-corrected chi connectivity index (χ0v) is 20.3. The maximum absolute atomic E-state index is 12.8. The van der Waals surface area contributed by atoms with Crippen LogP contribution in [0.15, 0.2) is 102 Å². The standard InChI is InChI=1S/C27H22ClN5OS/c28-22-14-6-7-15-24(22)29-17-25-31-32-27(33(25)20-11-2-1-3-12-20)35-18-26(34)30-23-16-8-10-19-9-4-5-13-21(19)23/h1-16,29H,17-18H2,(H,30,34). The molecule has 1 amide bonds. The second-order valence-corrected chi connectivity index (χ2v) is 9.12. The van der Waals surface area contributed by atoms with E-state index in [0.29, 0.717) is 22.5 Å². The summed E-state index contributed by atoms with van der Waals surface area (Å²) in [6, 6.07) is 31.3. The fraction of sp³-hybridized carbons (Fsp3) is 0.0741. The molecule has 4 aromatic carbocycles. The van der Waals surface area contributed by atoms with Gasteiger partial charge in [0.25, 0.3) is 0 Å². The molecule has 0 aliphatic heterocycles. The van der Waals surface area contributed by atoms with E-state index in [0.717, 1.165) is 27.8 Å². The molecular formula is C27H22ClN5OS. The number of amides is 1. The molecule has 2 N–H and O–H groups in total. The third-order valence-corrected chi connectivity index (χ3v) is 6.68. The molecule has 0 aliphatic rings. The topological polar surface area (TPSA) is 71.8 Å². The first-order valence-corrected chi connectivity index (χ1v) is 12.4. The highest BCUT2D eigenvalue weighted by Gasteiger charge is 2.16. The van der Waals surface area contributed by atoms with Crippen LogP contribution in [0.5, 0.6) is 0 Å². The number of nitrogens with zero attached hydrogens (tertiary/aromatic N) is 3. The molecule has 5 rings (SSSR count). The van der Waals surface area contributed by atoms with Crippen molar-refractivity contribution in [2.45, 2.75) is 11.7 Å². The van der Waals surface area contributed by atoms with E-state index in [1.807, 2.05) is 102 Å². The van der Waals surface area contributed by atoms with Gasteiger partial charge in [-0.1, -0.05) is 90.1 Å². The van der Waals surface area contributed by atoms with E-state index < -0.39 is 0 Å². The van der Waals surface area contributed by atoms with Gasteiger partial charge in [-0.3, -0.25) is 9.36 Å². The Morgan fingerprint density at radius 1 is 0.829 bits per heavy atom. The van der Waals surface area contributed by atoms with Crippen molar-refractivity contribution in [2.24, 2.45) is 0 Å². The molecule has 6 nitrogen and oxygen atoms in total. The Morgan fingerprint density at radius 2 is 1.54 bits per heavy atom. The summed E-state index contributed by atoms with van der Waals surface area (Å²) in [6.07, 6.45) is 0. The molecule has 1 heterocycles. The third-order valence-electron chi connectivity index (χ3n) is 5.42. The van der Waals surface area contributed by atoms with Crippen molar-refractivity contribution in [1.82, 2.24) is 14.8 Å². The van der Waals surface area contributed by atoms with E-state index in [2.05, 4.69) is 20.8 Å². The Bertz CT molecular complexity index is 1470. The number of fused-ring (bicyclic) bond motifs is 1. The van der Waals surface area contributed by atoms with Crippen LogP contribution in [0.4, 0.5) is 11.4 Å². The third kappa shape index (κ3) is 5.31. The molecule has 0 spiro atoms. The summed E-state index contributed by atoms with van der Waals surface area (Å²) in [6.45, 7) is 0.425. The summed E-state index contributed by atoms with van der Waals surface area (Å²) in [5.41, 5.74) is 2.54. The predicted molar refractivity (Wildman–Crippen MR) is 143 cm³/mol. The zero-order valence-electron chi connectivity index (χ0n) is 18.7. The second kappa shape index (κ2) is 10.6. The molecule has 0 aliphatic carbocycles. The lowest BCUT2D eigenvalue weighted by Crippen LogP contribution is -2.15. The number of thioether (sulfide) groups is 1. The summed E-state index contributed by atoms with van der Waals surface area (Å²) in [4.78, 5) is 12.8. The van der Waals surface area contributed by atoms with E-state index in [-0.39, 0.29) is 11.7 Å². The number of halogens is 1. The maximum atomic E-state index is 12.8. The summed E-state index contributed by atoms with van der Waals surface area (Å²) in [7, 11) is 0. The van der Waals surface area contributed by atoms with Crippen molar-refractivity contribution in [3.05, 3.63) is 108 Å². The number of hydrogen-bond donors (Lipinski definition) is 2. The van der Waals surface area contributed by atoms with Crippen LogP contribution in [0.2, 0.25) is 5.02 Å². The number of para-hydroxylation sites is 2. The minimum absolute atomic E-state index is 0.107. The monoisotopic (exact) mass is 499 g/mol. The minimum Gasteiger partial charge on any atom is -0.377 e. The molecule has 0 unspecified atom stereocenters. The van der Waals surface area contributed by atoms with Gasteiger partial charge in [-0.25, -0.2) is 0 Å². The van der Waals surface area contributed by atoms with Crippen LogP contribution >= 0.6 is 23.4 Å². The Balaban J connectivity index is 1.33. The Hall–Kier alpha value is -3.81. The first kappa shape index (κ1) is 23.0. The van der Waals surface area contributed by atoms with Crippen LogP contribution < -0.4 is 10.6 Å². The molecular weight excluding hydrogens is 478 g/mol.